The summed E-state index contributed by atoms with van der Waals surface area (Å²) in [6, 6.07) is 11.6. The molecule has 0 unspecified atom stereocenters. The van der Waals surface area contributed by atoms with Crippen molar-refractivity contribution in [3.05, 3.63) is 63.0 Å². The van der Waals surface area contributed by atoms with Crippen LogP contribution in [0.2, 0.25) is 0 Å². The van der Waals surface area contributed by atoms with E-state index in [1.807, 2.05) is 40.8 Å². The van der Waals surface area contributed by atoms with Crippen LogP contribution in [0.4, 0.5) is 0 Å². The lowest BCUT2D eigenvalue weighted by atomic mass is 10.2. The van der Waals surface area contributed by atoms with Gasteiger partial charge in [0.05, 0.1) is 25.4 Å². The minimum Gasteiger partial charge on any atom is -0.497 e. The van der Waals surface area contributed by atoms with E-state index in [0.29, 0.717) is 12.2 Å². The maximum absolute atomic E-state index is 12.6. The highest BCUT2D eigenvalue weighted by Crippen LogP contribution is 2.23. The first-order valence-corrected chi connectivity index (χ1v) is 7.59. The third-order valence-corrected chi connectivity index (χ3v) is 4.50. The molecule has 22 heavy (non-hydrogen) atoms. The lowest BCUT2D eigenvalue weighted by Crippen LogP contribution is -2.16. The van der Waals surface area contributed by atoms with Crippen molar-refractivity contribution < 1.29 is 4.74 Å². The van der Waals surface area contributed by atoms with E-state index in [1.165, 1.54) is 0 Å². The largest absolute Gasteiger partial charge is 0.497 e. The molecule has 0 aliphatic rings. The predicted octanol–water partition coefficient (Wildman–Crippen LogP) is 2.91. The fraction of sp³-hybridized carbons (Fsp3) is 0.125. The molecule has 1 aromatic carbocycles. The molecule has 0 radical (unpaired) electrons. The van der Waals surface area contributed by atoms with Crippen LogP contribution in [-0.4, -0.2) is 21.1 Å². The van der Waals surface area contributed by atoms with E-state index in [-0.39, 0.29) is 5.56 Å². The fourth-order valence-corrected chi connectivity index (χ4v) is 3.12. The van der Waals surface area contributed by atoms with Gasteiger partial charge < -0.3 is 4.74 Å². The van der Waals surface area contributed by atoms with Crippen LogP contribution in [0.15, 0.2) is 51.9 Å². The summed E-state index contributed by atoms with van der Waals surface area (Å²) in [5.74, 6) is 0.801. The molecule has 3 heterocycles. The van der Waals surface area contributed by atoms with Gasteiger partial charge >= 0.3 is 0 Å². The van der Waals surface area contributed by atoms with Crippen molar-refractivity contribution >= 4 is 32.7 Å². The van der Waals surface area contributed by atoms with Gasteiger partial charge in [-0.15, -0.1) is 0 Å². The highest BCUT2D eigenvalue weighted by Gasteiger charge is 2.16. The standard InChI is InChI=1S/C16H12BrN3O2/c1-22-11-4-2-10(3-5-11)9-19-14-7-6-12(17)13-8-18-15(16(19)21)20(13)14/h2-8H,9H2,1H3. The molecule has 0 N–H and O–H groups in total. The summed E-state index contributed by atoms with van der Waals surface area (Å²) >= 11 is 3.49. The lowest BCUT2D eigenvalue weighted by molar-refractivity contribution is 0.414. The zero-order chi connectivity index (χ0) is 15.3. The second-order valence-corrected chi connectivity index (χ2v) is 5.94. The van der Waals surface area contributed by atoms with E-state index in [4.69, 9.17) is 4.74 Å². The summed E-state index contributed by atoms with van der Waals surface area (Å²) < 4.78 is 9.71. The topological polar surface area (TPSA) is 48.5 Å². The smallest absolute Gasteiger partial charge is 0.296 e. The summed E-state index contributed by atoms with van der Waals surface area (Å²) in [5, 5.41) is 0. The molecular formula is C16H12BrN3O2. The lowest BCUT2D eigenvalue weighted by Gasteiger charge is -2.06. The van der Waals surface area contributed by atoms with Crippen molar-refractivity contribution in [2.45, 2.75) is 6.54 Å². The van der Waals surface area contributed by atoms with Gasteiger partial charge in [0.2, 0.25) is 5.65 Å². The van der Waals surface area contributed by atoms with Crippen LogP contribution >= 0.6 is 15.9 Å². The van der Waals surface area contributed by atoms with Crippen molar-refractivity contribution in [2.24, 2.45) is 0 Å². The minimum absolute atomic E-state index is 0.0797. The quantitative estimate of drug-likeness (QED) is 0.566. The number of aromatic nitrogens is 3. The Bertz CT molecular complexity index is 1020. The fourth-order valence-electron chi connectivity index (χ4n) is 2.71. The normalized spacial score (nSPS) is 11.5. The van der Waals surface area contributed by atoms with Crippen molar-refractivity contribution in [1.29, 1.82) is 0 Å². The van der Waals surface area contributed by atoms with Crippen LogP contribution in [-0.2, 0) is 6.54 Å². The van der Waals surface area contributed by atoms with Gasteiger partial charge in [-0.1, -0.05) is 12.1 Å². The zero-order valence-corrected chi connectivity index (χ0v) is 13.4. The van der Waals surface area contributed by atoms with Crippen molar-refractivity contribution in [1.82, 2.24) is 14.0 Å². The van der Waals surface area contributed by atoms with E-state index in [2.05, 4.69) is 20.9 Å². The number of nitrogens with zero attached hydrogens (tertiary/aromatic N) is 3. The van der Waals surface area contributed by atoms with Crippen molar-refractivity contribution in [3.8, 4) is 5.75 Å². The Morgan fingerprint density at radius 1 is 1.18 bits per heavy atom. The number of hydrogen-bond donors (Lipinski definition) is 0. The summed E-state index contributed by atoms with van der Waals surface area (Å²) in [5.41, 5.74) is 3.16. The van der Waals surface area contributed by atoms with Gasteiger partial charge in [-0.3, -0.25) is 13.8 Å². The summed E-state index contributed by atoms with van der Waals surface area (Å²) in [6.45, 7) is 0.503. The van der Waals surface area contributed by atoms with Crippen LogP contribution in [0.5, 0.6) is 5.75 Å². The van der Waals surface area contributed by atoms with Crippen LogP contribution in [0.1, 0.15) is 5.56 Å². The highest BCUT2D eigenvalue weighted by molar-refractivity contribution is 9.10. The Labute approximate surface area is 134 Å². The monoisotopic (exact) mass is 357 g/mol. The molecule has 6 heteroatoms. The Hall–Kier alpha value is -2.34. The highest BCUT2D eigenvalue weighted by atomic mass is 79.9. The number of imidazole rings is 2. The van der Waals surface area contributed by atoms with Gasteiger partial charge in [0, 0.05) is 4.47 Å². The average Bonchev–Trinajstić information content (AvgIpc) is 3.09. The third-order valence-electron chi connectivity index (χ3n) is 3.83. The molecular weight excluding hydrogens is 346 g/mol. The second-order valence-electron chi connectivity index (χ2n) is 5.08. The number of ether oxygens (including phenoxy) is 1. The summed E-state index contributed by atoms with van der Waals surface area (Å²) in [6.07, 6.45) is 1.71. The van der Waals surface area contributed by atoms with Gasteiger partial charge in [-0.2, -0.15) is 0 Å². The number of benzene rings is 1. The SMILES string of the molecule is COc1ccc(Cn2c(=O)c3ncc4c(Br)ccc2n43)cc1. The number of methoxy groups -OCH3 is 1. The first-order chi connectivity index (χ1) is 10.7. The van der Waals surface area contributed by atoms with Crippen LogP contribution < -0.4 is 10.3 Å². The average molecular weight is 358 g/mol. The van der Waals surface area contributed by atoms with Gasteiger partial charge in [-0.25, -0.2) is 4.98 Å². The third kappa shape index (κ3) is 1.84. The minimum atomic E-state index is -0.0797. The first kappa shape index (κ1) is 13.3. The Kier molecular flexibility index (Phi) is 2.94. The maximum Gasteiger partial charge on any atom is 0.296 e. The van der Waals surface area contributed by atoms with Crippen LogP contribution in [0.3, 0.4) is 0 Å². The number of rotatable bonds is 3. The molecule has 4 rings (SSSR count). The maximum atomic E-state index is 12.6. The van der Waals surface area contributed by atoms with Gasteiger partial charge in [0.15, 0.2) is 0 Å². The van der Waals surface area contributed by atoms with E-state index >= 15 is 0 Å². The molecule has 0 saturated carbocycles. The molecule has 0 spiro atoms. The molecule has 0 bridgehead atoms. The van der Waals surface area contributed by atoms with E-state index in [0.717, 1.165) is 26.9 Å². The van der Waals surface area contributed by atoms with Gasteiger partial charge in [0.1, 0.15) is 11.4 Å². The summed E-state index contributed by atoms with van der Waals surface area (Å²) in [4.78, 5) is 16.8. The van der Waals surface area contributed by atoms with E-state index in [1.54, 1.807) is 17.9 Å². The molecule has 0 amide bonds. The Morgan fingerprint density at radius 3 is 2.68 bits per heavy atom. The van der Waals surface area contributed by atoms with E-state index in [9.17, 15) is 4.79 Å². The van der Waals surface area contributed by atoms with Crippen LogP contribution in [0, 0.1) is 0 Å². The summed E-state index contributed by atoms with van der Waals surface area (Å²) in [7, 11) is 1.64. The molecule has 0 atom stereocenters. The molecule has 4 aromatic rings. The molecule has 3 aromatic heterocycles. The Balaban J connectivity index is 1.87. The number of pyridine rings is 1. The molecule has 110 valence electrons. The molecule has 0 aliphatic heterocycles. The van der Waals surface area contributed by atoms with Crippen molar-refractivity contribution in [3.63, 3.8) is 0 Å². The predicted molar refractivity (Wildman–Crippen MR) is 87.9 cm³/mol. The first-order valence-electron chi connectivity index (χ1n) is 6.80. The van der Waals surface area contributed by atoms with Crippen molar-refractivity contribution in [2.75, 3.05) is 7.11 Å². The number of halogens is 1. The van der Waals surface area contributed by atoms with Crippen LogP contribution in [0.25, 0.3) is 16.8 Å². The van der Waals surface area contributed by atoms with Gasteiger partial charge in [0.25, 0.3) is 5.56 Å². The van der Waals surface area contributed by atoms with Gasteiger partial charge in [-0.05, 0) is 45.8 Å². The molecule has 0 aliphatic carbocycles. The second kappa shape index (κ2) is 4.84. The van der Waals surface area contributed by atoms with E-state index < -0.39 is 0 Å². The molecule has 0 fully saturated rings. The molecule has 5 nitrogen and oxygen atoms in total. The number of hydrogen-bond acceptors (Lipinski definition) is 3. The zero-order valence-electron chi connectivity index (χ0n) is 11.8. The molecule has 0 saturated heterocycles. The Morgan fingerprint density at radius 2 is 1.95 bits per heavy atom.